The van der Waals surface area contributed by atoms with Gasteiger partial charge in [-0.15, -0.1) is 0 Å². The Morgan fingerprint density at radius 3 is 3.00 bits per heavy atom. The van der Waals surface area contributed by atoms with Gasteiger partial charge in [-0.2, -0.15) is 5.10 Å². The summed E-state index contributed by atoms with van der Waals surface area (Å²) in [6.45, 7) is 3.43. The van der Waals surface area contributed by atoms with Crippen molar-refractivity contribution in [2.24, 2.45) is 7.05 Å². The Kier molecular flexibility index (Phi) is 4.34. The molecule has 5 heteroatoms. The number of nitrogens with zero attached hydrogens (tertiary/aromatic N) is 4. The number of benzene rings is 1. The number of piperidine rings is 1. The normalized spacial score (nSPS) is 19.1. The highest BCUT2D eigenvalue weighted by molar-refractivity contribution is 5.72. The minimum Gasteiger partial charge on any atom is -0.441 e. The van der Waals surface area contributed by atoms with Crippen molar-refractivity contribution in [2.45, 2.75) is 31.6 Å². The minimum atomic E-state index is 0.607. The van der Waals surface area contributed by atoms with Crippen LogP contribution in [0.25, 0.3) is 11.1 Å². The number of oxazole rings is 1. The van der Waals surface area contributed by atoms with E-state index in [1.165, 1.54) is 25.1 Å². The first kappa shape index (κ1) is 15.4. The zero-order chi connectivity index (χ0) is 16.4. The molecule has 1 aromatic carbocycles. The molecule has 0 bridgehead atoms. The van der Waals surface area contributed by atoms with E-state index in [1.807, 2.05) is 42.2 Å². The molecule has 1 aliphatic rings. The number of likely N-dealkylation sites (tertiary alicyclic amines) is 1. The van der Waals surface area contributed by atoms with E-state index >= 15 is 0 Å². The molecule has 5 nitrogen and oxygen atoms in total. The van der Waals surface area contributed by atoms with E-state index in [0.717, 1.165) is 42.9 Å². The summed E-state index contributed by atoms with van der Waals surface area (Å²) in [5.74, 6) is 1.46. The number of fused-ring (bicyclic) bond motifs is 1. The molecule has 4 rings (SSSR count). The lowest BCUT2D eigenvalue weighted by Gasteiger charge is -2.32. The van der Waals surface area contributed by atoms with Gasteiger partial charge in [0.25, 0.3) is 0 Å². The fourth-order valence-electron chi connectivity index (χ4n) is 3.77. The van der Waals surface area contributed by atoms with Crippen LogP contribution < -0.4 is 0 Å². The monoisotopic (exact) mass is 324 g/mol. The molecule has 0 unspecified atom stereocenters. The quantitative estimate of drug-likeness (QED) is 0.722. The van der Waals surface area contributed by atoms with Gasteiger partial charge in [-0.05, 0) is 50.6 Å². The average molecular weight is 324 g/mol. The van der Waals surface area contributed by atoms with Crippen LogP contribution in [0.15, 0.2) is 40.9 Å². The molecule has 2 aromatic heterocycles. The van der Waals surface area contributed by atoms with Gasteiger partial charge in [-0.25, -0.2) is 4.98 Å². The zero-order valence-corrected chi connectivity index (χ0v) is 14.2. The Balaban J connectivity index is 1.31. The molecule has 126 valence electrons. The summed E-state index contributed by atoms with van der Waals surface area (Å²) in [6, 6.07) is 10.1. The highest BCUT2D eigenvalue weighted by Crippen LogP contribution is 2.26. The van der Waals surface area contributed by atoms with Gasteiger partial charge in [-0.1, -0.05) is 12.1 Å². The average Bonchev–Trinajstić information content (AvgIpc) is 3.20. The van der Waals surface area contributed by atoms with Crippen molar-refractivity contribution < 1.29 is 4.42 Å². The van der Waals surface area contributed by atoms with Crippen molar-refractivity contribution in [3.63, 3.8) is 0 Å². The summed E-state index contributed by atoms with van der Waals surface area (Å²) in [7, 11) is 2.04. The molecular weight excluding hydrogens is 300 g/mol. The summed E-state index contributed by atoms with van der Waals surface area (Å²) >= 11 is 0. The highest BCUT2D eigenvalue weighted by Gasteiger charge is 2.23. The molecule has 0 aliphatic carbocycles. The van der Waals surface area contributed by atoms with Crippen molar-refractivity contribution in [3.8, 4) is 0 Å². The molecule has 0 radical (unpaired) electrons. The predicted molar refractivity (Wildman–Crippen MR) is 94.0 cm³/mol. The summed E-state index contributed by atoms with van der Waals surface area (Å²) in [5, 5.41) is 4.32. The second kappa shape index (κ2) is 6.77. The predicted octanol–water partition coefficient (Wildman–Crippen LogP) is 3.37. The summed E-state index contributed by atoms with van der Waals surface area (Å²) in [5.41, 5.74) is 3.21. The second-order valence-electron chi connectivity index (χ2n) is 6.70. The molecule has 1 saturated heterocycles. The van der Waals surface area contributed by atoms with E-state index in [2.05, 4.69) is 21.0 Å². The lowest BCUT2D eigenvalue weighted by atomic mass is 9.94. The van der Waals surface area contributed by atoms with Gasteiger partial charge in [0.2, 0.25) is 0 Å². The molecule has 0 saturated carbocycles. The van der Waals surface area contributed by atoms with Crippen LogP contribution in [0.2, 0.25) is 0 Å². The van der Waals surface area contributed by atoms with Crippen LogP contribution in [0, 0.1) is 0 Å². The minimum absolute atomic E-state index is 0.607. The van der Waals surface area contributed by atoms with Gasteiger partial charge in [0.1, 0.15) is 5.52 Å². The lowest BCUT2D eigenvalue weighted by molar-refractivity contribution is 0.201. The van der Waals surface area contributed by atoms with Crippen LogP contribution in [-0.4, -0.2) is 39.3 Å². The van der Waals surface area contributed by atoms with Crippen molar-refractivity contribution in [1.82, 2.24) is 19.7 Å². The first-order valence-electron chi connectivity index (χ1n) is 8.84. The summed E-state index contributed by atoms with van der Waals surface area (Å²) in [4.78, 5) is 7.14. The first-order chi connectivity index (χ1) is 11.8. The Morgan fingerprint density at radius 1 is 1.25 bits per heavy atom. The topological polar surface area (TPSA) is 47.1 Å². The molecule has 3 aromatic rings. The summed E-state index contributed by atoms with van der Waals surface area (Å²) < 4.78 is 7.83. The van der Waals surface area contributed by atoms with Crippen LogP contribution >= 0.6 is 0 Å². The third-order valence-corrected chi connectivity index (χ3v) is 4.99. The lowest BCUT2D eigenvalue weighted by Crippen LogP contribution is -2.35. The number of hydrogen-bond acceptors (Lipinski definition) is 4. The largest absolute Gasteiger partial charge is 0.441 e. The molecule has 1 atom stereocenters. The van der Waals surface area contributed by atoms with Crippen LogP contribution in [0.3, 0.4) is 0 Å². The third-order valence-electron chi connectivity index (χ3n) is 4.99. The first-order valence-corrected chi connectivity index (χ1v) is 8.84. The number of para-hydroxylation sites is 2. The van der Waals surface area contributed by atoms with Gasteiger partial charge in [0.05, 0.1) is 0 Å². The Bertz CT molecular complexity index is 773. The number of rotatable bonds is 5. The van der Waals surface area contributed by atoms with Gasteiger partial charge in [0.15, 0.2) is 11.5 Å². The molecule has 3 heterocycles. The third kappa shape index (κ3) is 3.22. The van der Waals surface area contributed by atoms with E-state index in [-0.39, 0.29) is 0 Å². The molecule has 0 N–H and O–H groups in total. The van der Waals surface area contributed by atoms with Crippen LogP contribution in [0.5, 0.6) is 0 Å². The number of aromatic nitrogens is 3. The van der Waals surface area contributed by atoms with Crippen molar-refractivity contribution >= 4 is 11.1 Å². The van der Waals surface area contributed by atoms with Gasteiger partial charge >= 0.3 is 0 Å². The number of aryl methyl sites for hydroxylation is 2. The van der Waals surface area contributed by atoms with E-state index in [4.69, 9.17) is 4.42 Å². The van der Waals surface area contributed by atoms with Crippen LogP contribution in [0.4, 0.5) is 0 Å². The van der Waals surface area contributed by atoms with Crippen molar-refractivity contribution in [1.29, 1.82) is 0 Å². The van der Waals surface area contributed by atoms with Gasteiger partial charge in [0, 0.05) is 37.8 Å². The van der Waals surface area contributed by atoms with Crippen LogP contribution in [-0.2, 0) is 13.5 Å². The van der Waals surface area contributed by atoms with E-state index < -0.39 is 0 Å². The van der Waals surface area contributed by atoms with Crippen LogP contribution in [0.1, 0.15) is 36.8 Å². The molecule has 24 heavy (non-hydrogen) atoms. The maximum absolute atomic E-state index is 5.81. The maximum atomic E-state index is 5.81. The van der Waals surface area contributed by atoms with E-state index in [9.17, 15) is 0 Å². The maximum Gasteiger partial charge on any atom is 0.195 e. The zero-order valence-electron chi connectivity index (χ0n) is 14.2. The van der Waals surface area contributed by atoms with E-state index in [0.29, 0.717) is 5.92 Å². The fraction of sp³-hybridized carbons (Fsp3) is 0.474. The fourth-order valence-corrected chi connectivity index (χ4v) is 3.77. The Morgan fingerprint density at radius 2 is 2.17 bits per heavy atom. The number of hydrogen-bond donors (Lipinski definition) is 0. The smallest absolute Gasteiger partial charge is 0.195 e. The van der Waals surface area contributed by atoms with Crippen molar-refractivity contribution in [3.05, 3.63) is 48.1 Å². The Labute approximate surface area is 142 Å². The molecule has 1 fully saturated rings. The molecular formula is C19H24N4O. The molecule has 0 amide bonds. The summed E-state index contributed by atoms with van der Waals surface area (Å²) in [6.07, 6.45) is 6.42. The molecule has 1 aliphatic heterocycles. The molecule has 0 spiro atoms. The SMILES string of the molecule is Cn1nccc1[C@H]1CCCN(CCCc2nc3ccccc3o2)C1. The van der Waals surface area contributed by atoms with E-state index in [1.54, 1.807) is 0 Å². The standard InChI is InChI=1S/C19H24N4O/c1-22-17(10-11-20-22)15-6-4-12-23(14-15)13-5-9-19-21-16-7-2-3-8-18(16)24-19/h2-3,7-8,10-11,15H,4-6,9,12-14H2,1H3/t15-/m0/s1. The van der Waals surface area contributed by atoms with Gasteiger partial charge in [-0.3, -0.25) is 4.68 Å². The second-order valence-corrected chi connectivity index (χ2v) is 6.70. The van der Waals surface area contributed by atoms with Gasteiger partial charge < -0.3 is 9.32 Å². The highest BCUT2D eigenvalue weighted by atomic mass is 16.3. The van der Waals surface area contributed by atoms with Crippen molar-refractivity contribution in [2.75, 3.05) is 19.6 Å². The Hall–Kier alpha value is -2.14.